The van der Waals surface area contributed by atoms with Crippen molar-refractivity contribution in [2.24, 2.45) is 0 Å². The molecule has 516 valence electrons. The van der Waals surface area contributed by atoms with Crippen LogP contribution in [0.5, 0.6) is 11.5 Å². The molecule has 4 aliphatic heterocycles. The maximum atomic E-state index is 12.4. The van der Waals surface area contributed by atoms with E-state index in [2.05, 4.69) is 119 Å². The molecule has 6 aliphatic rings. The number of aromatic nitrogens is 8. The Morgan fingerprint density at radius 2 is 0.938 bits per heavy atom. The number of rotatable bonds is 18. The van der Waals surface area contributed by atoms with Crippen LogP contribution in [-0.2, 0) is 31.2 Å². The highest BCUT2D eigenvalue weighted by Gasteiger charge is 2.35. The van der Waals surface area contributed by atoms with Gasteiger partial charge in [-0.15, -0.1) is 0 Å². The SMILES string of the molecule is COc1cc(N2CCC(N3CCN(C)CC3)CC2)c(C2CC2)cc1N.COc1cc(N2CCC(N3CCN(C)CC3)CC2)c(C2CC2)cc1Nc1ncc(Cl)c(Nc2ccc3nccnc3c2CS(C)(=O)=O)n1.CS(=O)(=O)Cc1c(Nc2nc(Cl)ncc2Cl)ccc2nccnc12. The number of nitrogens with two attached hydrogens (primary N) is 1. The highest BCUT2D eigenvalue weighted by molar-refractivity contribution is 7.90. The summed E-state index contributed by atoms with van der Waals surface area (Å²) in [4.78, 5) is 49.5. The van der Waals surface area contributed by atoms with E-state index in [9.17, 15) is 16.8 Å². The first kappa shape index (κ1) is 69.6. The van der Waals surface area contributed by atoms with Gasteiger partial charge in [0.1, 0.15) is 21.5 Å². The third kappa shape index (κ3) is 17.6. The first-order valence-electron chi connectivity index (χ1n) is 33.0. The number of methoxy groups -OCH3 is 2. The van der Waals surface area contributed by atoms with E-state index in [1.165, 1.54) is 125 Å². The number of hydrogen-bond donors (Lipinski definition) is 4. The zero-order valence-electron chi connectivity index (χ0n) is 55.7. The molecule has 0 radical (unpaired) electrons. The number of piperidine rings is 2. The van der Waals surface area contributed by atoms with E-state index in [0.717, 1.165) is 81.8 Å². The highest BCUT2D eigenvalue weighted by atomic mass is 35.5. The lowest BCUT2D eigenvalue weighted by molar-refractivity contribution is 0.0982. The summed E-state index contributed by atoms with van der Waals surface area (Å²) in [5.41, 5.74) is 17.3. The molecule has 8 heterocycles. The number of sulfone groups is 2. The van der Waals surface area contributed by atoms with Crippen molar-refractivity contribution in [3.05, 3.63) is 123 Å². The topological polar surface area (TPSA) is 271 Å². The van der Waals surface area contributed by atoms with Crippen molar-refractivity contribution in [2.45, 2.75) is 86.8 Å². The van der Waals surface area contributed by atoms with E-state index in [4.69, 9.17) is 55.0 Å². The number of hydrogen-bond acceptors (Lipinski definition) is 24. The molecule has 6 fully saturated rings. The molecule has 2 aliphatic carbocycles. The third-order valence-electron chi connectivity index (χ3n) is 19.0. The largest absolute Gasteiger partial charge is 0.495 e. The molecule has 14 rings (SSSR count). The monoisotopic (exact) mass is 1420 g/mol. The fraction of sp³-hybridized carbons (Fsp3) is 0.471. The number of nitrogens with zero attached hydrogens (tertiary/aromatic N) is 14. The van der Waals surface area contributed by atoms with Crippen molar-refractivity contribution in [1.82, 2.24) is 59.5 Å². The van der Waals surface area contributed by atoms with Gasteiger partial charge in [0.25, 0.3) is 0 Å². The standard InChI is InChI=1S/C34H42ClN9O3S.C20H32N4O.C14H11Cl2N5O2S/c1-42-14-16-43(17-15-42)23-8-12-44(13-9-23)30-19-31(47-2)29(18-24(30)22-4-5-22)40-34-38-20-26(35)33(41-34)39-27-6-7-28-32(37-11-10-36-28)25(27)21-48(3,45)46;1-22-9-11-23(12-10-22)16-5-7-24(8-6-16)19-14-20(25-2)18(21)13-17(19)15-3-4-15;1-24(22,23)7-8-10(2-3-11-12(8)18-5-4-17-11)20-13-9(15)6-19-14(16)21-13/h6-7,10-11,18-20,22-23H,4-5,8-9,12-17,21H2,1-3H3,(H2,38,39,40,41);13-16H,3-12,21H2,1-2H3;2-6H,7H2,1H3,(H,19,20,21). The van der Waals surface area contributed by atoms with E-state index < -0.39 is 19.7 Å². The first-order chi connectivity index (χ1) is 46.6. The molecule has 97 heavy (non-hydrogen) atoms. The lowest BCUT2D eigenvalue weighted by Crippen LogP contribution is -2.52. The van der Waals surface area contributed by atoms with Crippen LogP contribution in [0.3, 0.4) is 0 Å². The number of nitrogens with one attached hydrogen (secondary N) is 3. The molecule has 0 bridgehead atoms. The number of benzene rings is 4. The lowest BCUT2D eigenvalue weighted by atomic mass is 9.99. The zero-order valence-corrected chi connectivity index (χ0v) is 59.6. The quantitative estimate of drug-likeness (QED) is 0.0459. The van der Waals surface area contributed by atoms with E-state index >= 15 is 0 Å². The van der Waals surface area contributed by atoms with E-state index in [1.807, 2.05) is 0 Å². The maximum Gasteiger partial charge on any atom is 0.229 e. The van der Waals surface area contributed by atoms with Gasteiger partial charge in [0.05, 0.1) is 71.6 Å². The second-order valence-corrected chi connectivity index (χ2v) is 31.6. The molecule has 24 nitrogen and oxygen atoms in total. The molecular weight excluding hydrogens is 1340 g/mol. The van der Waals surface area contributed by atoms with Crippen LogP contribution in [0.4, 0.5) is 51.7 Å². The van der Waals surface area contributed by atoms with Crippen LogP contribution in [0.25, 0.3) is 22.1 Å². The number of ether oxygens (including phenoxy) is 2. The number of anilines is 9. The summed E-state index contributed by atoms with van der Waals surface area (Å²) in [6.07, 6.45) is 21.2. The molecule has 4 saturated heterocycles. The number of halogens is 3. The van der Waals surface area contributed by atoms with Crippen LogP contribution in [0, 0.1) is 0 Å². The van der Waals surface area contributed by atoms with Crippen molar-refractivity contribution in [3.63, 3.8) is 0 Å². The number of nitrogen functional groups attached to an aromatic ring is 1. The maximum absolute atomic E-state index is 12.4. The number of piperazine rings is 2. The Hall–Kier alpha value is -7.27. The lowest BCUT2D eigenvalue weighted by Gasteiger charge is -2.43. The summed E-state index contributed by atoms with van der Waals surface area (Å²) in [6, 6.07) is 17.1. The Labute approximate surface area is 582 Å². The summed E-state index contributed by atoms with van der Waals surface area (Å²) < 4.78 is 59.8. The van der Waals surface area contributed by atoms with Crippen LogP contribution in [0.2, 0.25) is 15.3 Å². The van der Waals surface area contributed by atoms with Crippen molar-refractivity contribution >= 4 is 128 Å². The second-order valence-electron chi connectivity index (χ2n) is 26.2. The average molecular weight is 1420 g/mol. The minimum Gasteiger partial charge on any atom is -0.495 e. The van der Waals surface area contributed by atoms with Crippen LogP contribution in [0.15, 0.2) is 85.7 Å². The van der Waals surface area contributed by atoms with Gasteiger partial charge in [-0.3, -0.25) is 29.7 Å². The number of fused-ring (bicyclic) bond motifs is 2. The summed E-state index contributed by atoms with van der Waals surface area (Å²) in [5.74, 6) is 3.26. The Bertz CT molecular complexity index is 4350. The highest BCUT2D eigenvalue weighted by Crippen LogP contribution is 2.50. The molecule has 5 N–H and O–H groups in total. The molecule has 4 aromatic carbocycles. The summed E-state index contributed by atoms with van der Waals surface area (Å²) in [7, 11) is 1.15. The molecule has 0 unspecified atom stereocenters. The van der Waals surface area contributed by atoms with Crippen LogP contribution >= 0.6 is 34.8 Å². The molecule has 4 aromatic heterocycles. The van der Waals surface area contributed by atoms with Crippen molar-refractivity contribution in [1.29, 1.82) is 0 Å². The normalized spacial score (nSPS) is 18.1. The van der Waals surface area contributed by atoms with Crippen LogP contribution in [-0.4, -0.2) is 208 Å². The van der Waals surface area contributed by atoms with Gasteiger partial charge in [0.15, 0.2) is 31.3 Å². The Morgan fingerprint density at radius 1 is 0.505 bits per heavy atom. The second kappa shape index (κ2) is 30.5. The van der Waals surface area contributed by atoms with Crippen molar-refractivity contribution < 1.29 is 26.3 Å². The fourth-order valence-electron chi connectivity index (χ4n) is 13.5. The van der Waals surface area contributed by atoms with Gasteiger partial charge < -0.3 is 50.8 Å². The summed E-state index contributed by atoms with van der Waals surface area (Å²) >= 11 is 18.4. The third-order valence-corrected chi connectivity index (χ3v) is 21.4. The summed E-state index contributed by atoms with van der Waals surface area (Å²) in [5, 5.41) is 10.2. The predicted molar refractivity (Wildman–Crippen MR) is 388 cm³/mol. The van der Waals surface area contributed by atoms with Gasteiger partial charge in [-0.1, -0.05) is 23.2 Å². The minimum absolute atomic E-state index is 0.0205. The molecule has 0 spiro atoms. The summed E-state index contributed by atoms with van der Waals surface area (Å²) in [6.45, 7) is 13.8. The zero-order chi connectivity index (χ0) is 68.1. The average Bonchev–Trinajstić information content (AvgIpc) is 1.55. The van der Waals surface area contributed by atoms with Crippen molar-refractivity contribution in [3.8, 4) is 11.5 Å². The van der Waals surface area contributed by atoms with E-state index in [-0.39, 0.29) is 32.7 Å². The first-order valence-corrected chi connectivity index (χ1v) is 38.3. The Morgan fingerprint density at radius 3 is 1.39 bits per heavy atom. The van der Waals surface area contributed by atoms with Crippen LogP contribution in [0.1, 0.15) is 85.5 Å². The Balaban J connectivity index is 0.000000153. The van der Waals surface area contributed by atoms with Gasteiger partial charge in [-0.2, -0.15) is 9.97 Å². The molecule has 0 amide bonds. The molecule has 8 aromatic rings. The van der Waals surface area contributed by atoms with Gasteiger partial charge in [0.2, 0.25) is 11.2 Å². The van der Waals surface area contributed by atoms with Gasteiger partial charge in [0, 0.05) is 174 Å². The molecule has 0 atom stereocenters. The number of likely N-dealkylation sites (N-methyl/N-ethyl adjacent to an activating group) is 2. The molecule has 29 heteroatoms. The van der Waals surface area contributed by atoms with Crippen LogP contribution < -0.4 is 41.0 Å². The van der Waals surface area contributed by atoms with Gasteiger partial charge >= 0.3 is 0 Å². The van der Waals surface area contributed by atoms with Gasteiger partial charge in [-0.25, -0.2) is 26.8 Å². The fourth-order valence-corrected chi connectivity index (χ4v) is 15.5. The Kier molecular flexibility index (Phi) is 21.9. The smallest absolute Gasteiger partial charge is 0.229 e. The van der Waals surface area contributed by atoms with E-state index in [1.54, 1.807) is 57.1 Å². The predicted octanol–water partition coefficient (Wildman–Crippen LogP) is 10.6. The minimum atomic E-state index is -3.38. The van der Waals surface area contributed by atoms with E-state index in [0.29, 0.717) is 80.0 Å². The van der Waals surface area contributed by atoms with Gasteiger partial charge in [-0.05, 0) is 136 Å². The molecular formula is C68H85Cl3N18O6S2. The molecule has 2 saturated carbocycles. The van der Waals surface area contributed by atoms with Crippen molar-refractivity contribution in [2.75, 3.05) is 151 Å².